The van der Waals surface area contributed by atoms with Crippen LogP contribution in [-0.4, -0.2) is 232 Å². The first-order valence-corrected chi connectivity index (χ1v) is 16.3. The van der Waals surface area contributed by atoms with Gasteiger partial charge in [-0.1, -0.05) is 0 Å². The van der Waals surface area contributed by atoms with E-state index in [2.05, 4.69) is 5.32 Å². The van der Waals surface area contributed by atoms with E-state index in [1.54, 1.807) is 0 Å². The number of rotatable bonds is 17. The highest BCUT2D eigenvalue weighted by Crippen LogP contribution is 2.38. The van der Waals surface area contributed by atoms with Crippen LogP contribution in [0, 0.1) is 0 Å². The molecule has 0 bridgehead atoms. The molecule has 3 aliphatic rings. The van der Waals surface area contributed by atoms with Gasteiger partial charge in [0.2, 0.25) is 5.91 Å². The smallest absolute Gasteiger partial charge is 0.364 e. The predicted molar refractivity (Wildman–Crippen MR) is 162 cm³/mol. The van der Waals surface area contributed by atoms with E-state index >= 15 is 0 Å². The monoisotopic (exact) mass is 779 g/mol. The van der Waals surface area contributed by atoms with Crippen molar-refractivity contribution in [3.05, 3.63) is 0 Å². The molecule has 0 saturated carbocycles. The standard InChI is InChI=1S/C29H49NO23/c1-8-16(40)19(43)20(44)26(48-8)50-22(12(38)5-32)23(13(39)6-33)51-27-21(45)25(18(42)14(7-34)49-27)53-29(28(46)47)3-10(36)15(30-9(2)35)24(52-29)17(41)11(37)4-31/h5,8,10-27,31,33-34,36-45H,3-4,6-7H2,1-2H3,(H,30,35)(H,46,47)/t8-,10-,11+,12-,13+,14+,15+,16+,17+,18-,19+,20-,21+,22+,23+,24+,25-,26-,27-,29-/m0/s1. The average molecular weight is 780 g/mol. The molecule has 0 aromatic rings. The molecule has 0 aromatic heterocycles. The van der Waals surface area contributed by atoms with E-state index in [0.29, 0.717) is 0 Å². The van der Waals surface area contributed by atoms with Crippen LogP contribution in [0.5, 0.6) is 0 Å². The van der Waals surface area contributed by atoms with Gasteiger partial charge in [0.25, 0.3) is 5.79 Å². The second kappa shape index (κ2) is 19.1. The Kier molecular flexibility index (Phi) is 16.3. The van der Waals surface area contributed by atoms with Crippen LogP contribution >= 0.6 is 0 Å². The second-order valence-corrected chi connectivity index (χ2v) is 12.9. The molecule has 0 aliphatic carbocycles. The van der Waals surface area contributed by atoms with E-state index in [1.165, 1.54) is 6.92 Å². The molecule has 15 N–H and O–H groups in total. The maximum atomic E-state index is 12.7. The van der Waals surface area contributed by atoms with Crippen LogP contribution in [0.25, 0.3) is 0 Å². The fraction of sp³-hybridized carbons (Fsp3) is 0.897. The number of nitrogens with one attached hydrogen (secondary N) is 1. The molecule has 24 heteroatoms. The lowest BCUT2D eigenvalue weighted by atomic mass is 9.88. The molecule has 0 unspecified atom stereocenters. The number of carbonyl (C=O) groups is 3. The van der Waals surface area contributed by atoms with Crippen molar-refractivity contribution in [1.29, 1.82) is 0 Å². The molecule has 20 atom stereocenters. The highest BCUT2D eigenvalue weighted by molar-refractivity contribution is 5.76. The summed E-state index contributed by atoms with van der Waals surface area (Å²) in [5.41, 5.74) is 0. The topological polar surface area (TPSA) is 402 Å². The fourth-order valence-electron chi connectivity index (χ4n) is 6.13. The molecule has 0 aromatic carbocycles. The number of aliphatic carboxylic acids is 1. The lowest BCUT2D eigenvalue weighted by molar-refractivity contribution is -0.381. The van der Waals surface area contributed by atoms with Gasteiger partial charge in [0, 0.05) is 13.3 Å². The third kappa shape index (κ3) is 10.00. The summed E-state index contributed by atoms with van der Waals surface area (Å²) in [6, 6.07) is -1.62. The Labute approximate surface area is 300 Å². The molecular formula is C29H49NO23. The summed E-state index contributed by atoms with van der Waals surface area (Å²) in [4.78, 5) is 36.3. The van der Waals surface area contributed by atoms with Crippen LogP contribution < -0.4 is 5.32 Å². The van der Waals surface area contributed by atoms with E-state index in [9.17, 15) is 85.9 Å². The maximum Gasteiger partial charge on any atom is 0.364 e. The number of carboxylic acid groups (broad SMARTS) is 1. The average Bonchev–Trinajstić information content (AvgIpc) is 3.12. The number of hydrogen-bond donors (Lipinski definition) is 15. The summed E-state index contributed by atoms with van der Waals surface area (Å²) in [5.74, 6) is -6.00. The van der Waals surface area contributed by atoms with Gasteiger partial charge < -0.3 is 110 Å². The molecule has 24 nitrogen and oxygen atoms in total. The summed E-state index contributed by atoms with van der Waals surface area (Å²) in [5, 5.41) is 148. The van der Waals surface area contributed by atoms with Gasteiger partial charge in [-0.2, -0.15) is 0 Å². The Hall–Kier alpha value is -2.15. The van der Waals surface area contributed by atoms with Gasteiger partial charge in [-0.15, -0.1) is 0 Å². The van der Waals surface area contributed by atoms with E-state index in [-0.39, 0.29) is 6.29 Å². The highest BCUT2D eigenvalue weighted by Gasteiger charge is 2.60. The van der Waals surface area contributed by atoms with Crippen LogP contribution in [0.2, 0.25) is 0 Å². The van der Waals surface area contributed by atoms with Crippen LogP contribution in [-0.2, 0) is 42.8 Å². The molecule has 3 rings (SSSR count). The zero-order valence-electron chi connectivity index (χ0n) is 28.3. The van der Waals surface area contributed by atoms with Crippen molar-refractivity contribution < 1.29 is 114 Å². The van der Waals surface area contributed by atoms with Gasteiger partial charge in [0.05, 0.1) is 38.1 Å². The van der Waals surface area contributed by atoms with Crippen molar-refractivity contribution in [2.24, 2.45) is 0 Å². The van der Waals surface area contributed by atoms with Gasteiger partial charge in [-0.05, 0) is 6.92 Å². The number of hydrogen-bond acceptors (Lipinski definition) is 22. The number of amides is 1. The van der Waals surface area contributed by atoms with Crippen molar-refractivity contribution in [3.63, 3.8) is 0 Å². The summed E-state index contributed by atoms with van der Waals surface area (Å²) >= 11 is 0. The minimum Gasteiger partial charge on any atom is -0.477 e. The number of aliphatic hydroxyl groups is 13. The van der Waals surface area contributed by atoms with Gasteiger partial charge >= 0.3 is 5.97 Å². The molecule has 53 heavy (non-hydrogen) atoms. The van der Waals surface area contributed by atoms with E-state index in [0.717, 1.165) is 6.92 Å². The van der Waals surface area contributed by atoms with Gasteiger partial charge in [-0.25, -0.2) is 4.79 Å². The Bertz CT molecular complexity index is 1200. The van der Waals surface area contributed by atoms with Crippen molar-refractivity contribution >= 4 is 18.2 Å². The van der Waals surface area contributed by atoms with Gasteiger partial charge in [-0.3, -0.25) is 4.79 Å². The fourth-order valence-corrected chi connectivity index (χ4v) is 6.13. The molecule has 3 heterocycles. The minimum atomic E-state index is -3.15. The third-order valence-corrected chi connectivity index (χ3v) is 9.09. The van der Waals surface area contributed by atoms with E-state index < -0.39 is 160 Å². The lowest BCUT2D eigenvalue weighted by Gasteiger charge is -2.50. The molecule has 308 valence electrons. The highest BCUT2D eigenvalue weighted by atomic mass is 16.8. The summed E-state index contributed by atoms with van der Waals surface area (Å²) in [7, 11) is 0. The van der Waals surface area contributed by atoms with Crippen LogP contribution in [0.3, 0.4) is 0 Å². The van der Waals surface area contributed by atoms with Gasteiger partial charge in [0.1, 0.15) is 85.5 Å². The number of aldehydes is 1. The quantitative estimate of drug-likeness (QED) is 0.0609. The zero-order chi connectivity index (χ0) is 40.1. The van der Waals surface area contributed by atoms with Crippen molar-refractivity contribution in [3.8, 4) is 0 Å². The first kappa shape index (κ1) is 45.2. The Morgan fingerprint density at radius 3 is 1.96 bits per heavy atom. The SMILES string of the molecule is CC(=O)N[C@H]1[C@H]([C@H](O)[C@H](O)CO)O[C@@](O[C@H]2[C@@H](O)[C@@H](CO)O[C@@H](O[C@@H]([C@H](O[C@@H]3O[C@@H](C)[C@@H](O)[C@@H](O)[C@@H]3O)[C@@H](O)C=O)[C@H](O)CO)[C@@H]2O)(C(=O)O)C[C@@H]1O. The van der Waals surface area contributed by atoms with Gasteiger partial charge in [0.15, 0.2) is 18.9 Å². The molecule has 3 aliphatic heterocycles. The molecule has 0 spiro atoms. The summed E-state index contributed by atoms with van der Waals surface area (Å²) < 4.78 is 32.9. The van der Waals surface area contributed by atoms with Crippen LogP contribution in [0.1, 0.15) is 20.3 Å². The minimum absolute atomic E-state index is 0.130. The molecule has 0 radical (unpaired) electrons. The van der Waals surface area contributed by atoms with Crippen LogP contribution in [0.15, 0.2) is 0 Å². The summed E-state index contributed by atoms with van der Waals surface area (Å²) in [6.07, 6.45) is -37.8. The first-order chi connectivity index (χ1) is 24.8. The molecule has 1 amide bonds. The molecule has 3 saturated heterocycles. The largest absolute Gasteiger partial charge is 0.477 e. The van der Waals surface area contributed by atoms with Crippen molar-refractivity contribution in [1.82, 2.24) is 5.32 Å². The molecular weight excluding hydrogens is 730 g/mol. The number of carbonyl (C=O) groups excluding carboxylic acids is 2. The third-order valence-electron chi connectivity index (χ3n) is 9.09. The molecule has 3 fully saturated rings. The first-order valence-electron chi connectivity index (χ1n) is 16.3. The predicted octanol–water partition coefficient (Wildman–Crippen LogP) is -9.53. The lowest BCUT2D eigenvalue weighted by Crippen LogP contribution is -2.70. The number of ether oxygens (including phenoxy) is 6. The van der Waals surface area contributed by atoms with E-state index in [4.69, 9.17) is 28.4 Å². The maximum absolute atomic E-state index is 12.7. The van der Waals surface area contributed by atoms with Crippen molar-refractivity contribution in [2.75, 3.05) is 19.8 Å². The number of aliphatic hydroxyl groups excluding tert-OH is 13. The number of carboxylic acids is 1. The van der Waals surface area contributed by atoms with Crippen molar-refractivity contribution in [2.45, 2.75) is 142 Å². The zero-order valence-corrected chi connectivity index (χ0v) is 28.3. The summed E-state index contributed by atoms with van der Waals surface area (Å²) in [6.45, 7) is -1.14. The Morgan fingerprint density at radius 1 is 0.849 bits per heavy atom. The Morgan fingerprint density at radius 2 is 1.43 bits per heavy atom. The Balaban J connectivity index is 2.00. The van der Waals surface area contributed by atoms with Crippen LogP contribution in [0.4, 0.5) is 0 Å². The normalized spacial score (nSPS) is 41.4. The van der Waals surface area contributed by atoms with E-state index in [1.807, 2.05) is 0 Å². The second-order valence-electron chi connectivity index (χ2n) is 12.9.